The molecule has 3 nitrogen and oxygen atoms in total. The quantitative estimate of drug-likeness (QED) is 0.926. The van der Waals surface area contributed by atoms with Crippen molar-refractivity contribution in [1.82, 2.24) is 10.2 Å². The third-order valence-corrected chi connectivity index (χ3v) is 4.30. The number of nitrogens with zero attached hydrogens (tertiary/aromatic N) is 1. The van der Waals surface area contributed by atoms with Crippen LogP contribution < -0.4 is 5.32 Å². The Morgan fingerprint density at radius 2 is 2.05 bits per heavy atom. The molecule has 1 unspecified atom stereocenters. The molecule has 0 radical (unpaired) electrons. The zero-order valence-corrected chi connectivity index (χ0v) is 13.2. The van der Waals surface area contributed by atoms with E-state index < -0.39 is 0 Å². The predicted molar refractivity (Wildman–Crippen MR) is 83.4 cm³/mol. The fourth-order valence-corrected chi connectivity index (χ4v) is 2.92. The monoisotopic (exact) mass is 314 g/mol. The second-order valence-corrected chi connectivity index (χ2v) is 6.09. The van der Waals surface area contributed by atoms with E-state index in [0.29, 0.717) is 10.0 Å². The van der Waals surface area contributed by atoms with Crippen LogP contribution in [0.4, 0.5) is 0 Å². The molecule has 1 aliphatic rings. The normalized spacial score (nSPS) is 17.1. The van der Waals surface area contributed by atoms with Crippen LogP contribution in [0.2, 0.25) is 10.0 Å². The fraction of sp³-hybridized carbons (Fsp3) is 0.533. The summed E-state index contributed by atoms with van der Waals surface area (Å²) in [5, 5.41) is 4.58. The number of benzene rings is 1. The van der Waals surface area contributed by atoms with Crippen LogP contribution in [-0.4, -0.2) is 37.0 Å². The lowest BCUT2D eigenvalue weighted by atomic mass is 9.99. The largest absolute Gasteiger partial charge is 0.340 e. The van der Waals surface area contributed by atoms with Gasteiger partial charge in [0.2, 0.25) is 5.91 Å². The van der Waals surface area contributed by atoms with E-state index >= 15 is 0 Å². The molecule has 1 aliphatic heterocycles. The Bertz CT molecular complexity index is 473. The van der Waals surface area contributed by atoms with Crippen molar-refractivity contribution in [3.63, 3.8) is 0 Å². The Hall–Kier alpha value is -0.770. The second kappa shape index (κ2) is 7.30. The zero-order chi connectivity index (χ0) is 14.5. The molecular formula is C15H20Cl2N2O. The number of carbonyl (C=O) groups excluding carboxylic acids is 1. The van der Waals surface area contributed by atoms with Crippen LogP contribution in [0.15, 0.2) is 18.2 Å². The lowest BCUT2D eigenvalue weighted by Gasteiger charge is -2.29. The number of hydrogen-bond donors (Lipinski definition) is 1. The molecule has 1 amide bonds. The minimum absolute atomic E-state index is 0.0276. The Labute approximate surface area is 130 Å². The maximum atomic E-state index is 12.3. The molecule has 110 valence electrons. The fourth-order valence-electron chi connectivity index (χ4n) is 2.42. The molecule has 0 bridgehead atoms. The summed E-state index contributed by atoms with van der Waals surface area (Å²) in [4.78, 5) is 14.3. The van der Waals surface area contributed by atoms with Crippen molar-refractivity contribution in [2.45, 2.75) is 19.8 Å². The van der Waals surface area contributed by atoms with Crippen LogP contribution in [0.1, 0.15) is 18.9 Å². The molecule has 20 heavy (non-hydrogen) atoms. The van der Waals surface area contributed by atoms with Crippen molar-refractivity contribution in [2.75, 3.05) is 26.2 Å². The molecule has 2 rings (SSSR count). The third kappa shape index (κ3) is 4.11. The SMILES string of the molecule is CC(CCc1ccc(Cl)cc1Cl)C(=O)N1CCNCC1. The standard InChI is InChI=1S/C15H20Cl2N2O/c1-11(15(20)19-8-6-18-7-9-19)2-3-12-4-5-13(16)10-14(12)17/h4-5,10-11,18H,2-3,6-9H2,1H3. The number of halogens is 2. The van der Waals surface area contributed by atoms with E-state index in [2.05, 4.69) is 5.32 Å². The molecule has 0 spiro atoms. The van der Waals surface area contributed by atoms with Gasteiger partial charge in [-0.15, -0.1) is 0 Å². The average molecular weight is 315 g/mol. The van der Waals surface area contributed by atoms with Gasteiger partial charge in [-0.05, 0) is 30.5 Å². The molecule has 1 N–H and O–H groups in total. The van der Waals surface area contributed by atoms with Crippen molar-refractivity contribution < 1.29 is 4.79 Å². The summed E-state index contributed by atoms with van der Waals surface area (Å²) in [6.07, 6.45) is 1.61. The van der Waals surface area contributed by atoms with Gasteiger partial charge in [-0.2, -0.15) is 0 Å². The predicted octanol–water partition coefficient (Wildman–Crippen LogP) is 2.99. The van der Waals surface area contributed by atoms with Crippen LogP contribution in [0.3, 0.4) is 0 Å². The first-order valence-electron chi connectivity index (χ1n) is 7.01. The second-order valence-electron chi connectivity index (χ2n) is 5.25. The number of nitrogens with one attached hydrogen (secondary N) is 1. The Balaban J connectivity index is 1.87. The van der Waals surface area contributed by atoms with Gasteiger partial charge in [0.05, 0.1) is 0 Å². The van der Waals surface area contributed by atoms with Crippen LogP contribution in [-0.2, 0) is 11.2 Å². The first-order chi connectivity index (χ1) is 9.58. The number of carbonyl (C=O) groups is 1. The van der Waals surface area contributed by atoms with Crippen molar-refractivity contribution in [1.29, 1.82) is 0 Å². The molecule has 1 atom stereocenters. The molecule has 1 aromatic rings. The van der Waals surface area contributed by atoms with E-state index in [-0.39, 0.29) is 11.8 Å². The molecule has 0 aliphatic carbocycles. The molecule has 0 aromatic heterocycles. The smallest absolute Gasteiger partial charge is 0.225 e. The lowest BCUT2D eigenvalue weighted by Crippen LogP contribution is -2.48. The zero-order valence-electron chi connectivity index (χ0n) is 11.7. The van der Waals surface area contributed by atoms with Gasteiger partial charge in [0.25, 0.3) is 0 Å². The summed E-state index contributed by atoms with van der Waals surface area (Å²) >= 11 is 12.0. The molecule has 0 saturated carbocycles. The summed E-state index contributed by atoms with van der Waals surface area (Å²) in [7, 11) is 0. The molecule has 1 saturated heterocycles. The van der Waals surface area contributed by atoms with E-state index in [4.69, 9.17) is 23.2 Å². The van der Waals surface area contributed by atoms with Crippen LogP contribution in [0.5, 0.6) is 0 Å². The number of amides is 1. The maximum Gasteiger partial charge on any atom is 0.225 e. The Morgan fingerprint density at radius 3 is 2.70 bits per heavy atom. The molecular weight excluding hydrogens is 295 g/mol. The van der Waals surface area contributed by atoms with Crippen LogP contribution >= 0.6 is 23.2 Å². The molecule has 1 aromatic carbocycles. The number of piperazine rings is 1. The highest BCUT2D eigenvalue weighted by atomic mass is 35.5. The van der Waals surface area contributed by atoms with E-state index in [0.717, 1.165) is 44.6 Å². The van der Waals surface area contributed by atoms with Gasteiger partial charge in [-0.3, -0.25) is 4.79 Å². The van der Waals surface area contributed by atoms with Gasteiger partial charge in [0.15, 0.2) is 0 Å². The highest BCUT2D eigenvalue weighted by molar-refractivity contribution is 6.35. The van der Waals surface area contributed by atoms with E-state index in [1.807, 2.05) is 24.0 Å². The highest BCUT2D eigenvalue weighted by Gasteiger charge is 2.21. The van der Waals surface area contributed by atoms with Crippen LogP contribution in [0, 0.1) is 5.92 Å². The number of rotatable bonds is 4. The van der Waals surface area contributed by atoms with Gasteiger partial charge in [-0.25, -0.2) is 0 Å². The minimum atomic E-state index is 0.0276. The molecule has 1 heterocycles. The van der Waals surface area contributed by atoms with Crippen molar-refractivity contribution >= 4 is 29.1 Å². The van der Waals surface area contributed by atoms with E-state index in [9.17, 15) is 4.79 Å². The van der Waals surface area contributed by atoms with Gasteiger partial charge in [0.1, 0.15) is 0 Å². The summed E-state index contributed by atoms with van der Waals surface area (Å²) < 4.78 is 0. The van der Waals surface area contributed by atoms with Crippen LogP contribution in [0.25, 0.3) is 0 Å². The molecule has 1 fully saturated rings. The van der Waals surface area contributed by atoms with Gasteiger partial charge < -0.3 is 10.2 Å². The topological polar surface area (TPSA) is 32.3 Å². The molecule has 5 heteroatoms. The number of hydrogen-bond acceptors (Lipinski definition) is 2. The summed E-state index contributed by atoms with van der Waals surface area (Å²) in [5.41, 5.74) is 1.05. The van der Waals surface area contributed by atoms with Gasteiger partial charge in [0, 0.05) is 42.1 Å². The first-order valence-corrected chi connectivity index (χ1v) is 7.77. The Kier molecular flexibility index (Phi) is 5.70. The average Bonchev–Trinajstić information content (AvgIpc) is 2.46. The van der Waals surface area contributed by atoms with Crippen molar-refractivity contribution in [3.8, 4) is 0 Å². The van der Waals surface area contributed by atoms with Gasteiger partial charge >= 0.3 is 0 Å². The maximum absolute atomic E-state index is 12.3. The minimum Gasteiger partial charge on any atom is -0.340 e. The number of aryl methyl sites for hydroxylation is 1. The van der Waals surface area contributed by atoms with E-state index in [1.54, 1.807) is 6.07 Å². The van der Waals surface area contributed by atoms with Gasteiger partial charge in [-0.1, -0.05) is 36.2 Å². The highest BCUT2D eigenvalue weighted by Crippen LogP contribution is 2.23. The summed E-state index contributed by atoms with van der Waals surface area (Å²) in [5.74, 6) is 0.274. The Morgan fingerprint density at radius 1 is 1.35 bits per heavy atom. The third-order valence-electron chi connectivity index (χ3n) is 3.71. The van der Waals surface area contributed by atoms with Crippen molar-refractivity contribution in [2.24, 2.45) is 5.92 Å². The summed E-state index contributed by atoms with van der Waals surface area (Å²) in [6, 6.07) is 5.53. The first kappa shape index (κ1) is 15.6. The summed E-state index contributed by atoms with van der Waals surface area (Å²) in [6.45, 7) is 5.40. The lowest BCUT2D eigenvalue weighted by molar-refractivity contribution is -0.135. The van der Waals surface area contributed by atoms with E-state index in [1.165, 1.54) is 0 Å². The van der Waals surface area contributed by atoms with Crippen molar-refractivity contribution in [3.05, 3.63) is 33.8 Å².